The van der Waals surface area contributed by atoms with Crippen molar-refractivity contribution in [2.45, 2.75) is 32.7 Å². The van der Waals surface area contributed by atoms with Gasteiger partial charge in [0.15, 0.2) is 5.43 Å². The number of hydrogen-bond donors (Lipinski definition) is 1. The molecule has 0 unspecified atom stereocenters. The summed E-state index contributed by atoms with van der Waals surface area (Å²) >= 11 is 6.40. The molecule has 6 nitrogen and oxygen atoms in total. The Hall–Kier alpha value is -2.31. The lowest BCUT2D eigenvalue weighted by Crippen LogP contribution is -2.26. The number of fused-ring (bicyclic) bond motifs is 3. The van der Waals surface area contributed by atoms with Gasteiger partial charge in [-0.3, -0.25) is 4.79 Å². The number of carboxylic acid groups (broad SMARTS) is 1. The number of rotatable bonds is 7. The van der Waals surface area contributed by atoms with E-state index in [9.17, 15) is 14.7 Å². The van der Waals surface area contributed by atoms with Crippen LogP contribution in [0.15, 0.2) is 29.2 Å². The number of halogens is 1. The first-order valence-electron chi connectivity index (χ1n) is 9.25. The molecule has 1 aliphatic heterocycles. The smallest absolute Gasteiger partial charge is 0.341 e. The number of aromatic nitrogens is 1. The first-order valence-corrected chi connectivity index (χ1v) is 9.63. The Morgan fingerprint density at radius 1 is 1.32 bits per heavy atom. The van der Waals surface area contributed by atoms with E-state index in [1.54, 1.807) is 13.2 Å². The maximum Gasteiger partial charge on any atom is 0.341 e. The van der Waals surface area contributed by atoms with E-state index in [0.29, 0.717) is 42.0 Å². The van der Waals surface area contributed by atoms with Crippen LogP contribution >= 0.6 is 11.6 Å². The molecule has 1 aliphatic rings. The monoisotopic (exact) mass is 405 g/mol. The highest BCUT2D eigenvalue weighted by molar-refractivity contribution is 6.32. The molecule has 3 rings (SSSR count). The molecule has 1 atom stereocenters. The third-order valence-electron chi connectivity index (χ3n) is 4.88. The summed E-state index contributed by atoms with van der Waals surface area (Å²) in [6, 6.07) is 5.15. The first kappa shape index (κ1) is 20.4. The van der Waals surface area contributed by atoms with Crippen molar-refractivity contribution < 1.29 is 19.4 Å². The molecule has 0 saturated heterocycles. The summed E-state index contributed by atoms with van der Waals surface area (Å²) in [5.41, 5.74) is 1.83. The molecular formula is C21H24ClNO5. The summed E-state index contributed by atoms with van der Waals surface area (Å²) in [7, 11) is 1.61. The van der Waals surface area contributed by atoms with E-state index < -0.39 is 11.4 Å². The van der Waals surface area contributed by atoms with Crippen LogP contribution in [0.25, 0.3) is 11.3 Å². The van der Waals surface area contributed by atoms with Gasteiger partial charge in [-0.15, -0.1) is 0 Å². The Balaban J connectivity index is 2.12. The Labute approximate surface area is 168 Å². The van der Waals surface area contributed by atoms with Crippen LogP contribution in [0.3, 0.4) is 0 Å². The van der Waals surface area contributed by atoms with Gasteiger partial charge in [0.2, 0.25) is 0 Å². The van der Waals surface area contributed by atoms with Crippen molar-refractivity contribution >= 4 is 17.6 Å². The molecule has 0 fully saturated rings. The largest absolute Gasteiger partial charge is 0.490 e. The Morgan fingerprint density at radius 2 is 2.07 bits per heavy atom. The Kier molecular flexibility index (Phi) is 6.10. The molecule has 1 aromatic carbocycles. The van der Waals surface area contributed by atoms with Gasteiger partial charge in [0.05, 0.1) is 17.3 Å². The molecule has 0 aliphatic carbocycles. The third kappa shape index (κ3) is 4.08. The van der Waals surface area contributed by atoms with E-state index in [-0.39, 0.29) is 11.6 Å². The van der Waals surface area contributed by atoms with Crippen molar-refractivity contribution in [1.29, 1.82) is 0 Å². The number of nitrogens with zero attached hydrogens (tertiary/aromatic N) is 1. The lowest BCUT2D eigenvalue weighted by atomic mass is 9.88. The zero-order chi connectivity index (χ0) is 20.4. The normalized spacial score (nSPS) is 15.2. The molecule has 0 bridgehead atoms. The van der Waals surface area contributed by atoms with Crippen LogP contribution in [0.2, 0.25) is 5.02 Å². The number of hydrogen-bond acceptors (Lipinski definition) is 4. The fourth-order valence-electron chi connectivity index (χ4n) is 3.67. The molecule has 0 radical (unpaired) electrons. The molecule has 2 aromatic rings. The molecule has 2 heterocycles. The summed E-state index contributed by atoms with van der Waals surface area (Å²) in [5.74, 6) is -0.218. The van der Waals surface area contributed by atoms with Gasteiger partial charge in [-0.05, 0) is 36.5 Å². The SMILES string of the molecule is COCCOc1cc2c(cc1Cl)-c1cc(=O)c(C(=O)O)cn1[C@@H](CC(C)C)C2. The Morgan fingerprint density at radius 3 is 2.71 bits per heavy atom. The minimum atomic E-state index is -1.21. The second-order valence-corrected chi connectivity index (χ2v) is 7.82. The molecule has 1 N–H and O–H groups in total. The van der Waals surface area contributed by atoms with Crippen LogP contribution in [0.1, 0.15) is 42.2 Å². The van der Waals surface area contributed by atoms with Gasteiger partial charge in [-0.1, -0.05) is 25.4 Å². The standard InChI is InChI=1S/C21H24ClNO5/c1-12(2)6-14-7-13-8-20(28-5-4-27-3)17(22)9-15(13)18-10-19(24)16(21(25)26)11-23(14)18/h8-12,14H,4-7H2,1-3H3,(H,25,26)/t14-/m0/s1. The highest BCUT2D eigenvalue weighted by Gasteiger charge is 2.27. The van der Waals surface area contributed by atoms with Crippen LogP contribution in [0, 0.1) is 5.92 Å². The van der Waals surface area contributed by atoms with Crippen LogP contribution in [-0.4, -0.2) is 36.0 Å². The number of ether oxygens (including phenoxy) is 2. The number of benzene rings is 1. The zero-order valence-electron chi connectivity index (χ0n) is 16.2. The summed E-state index contributed by atoms with van der Waals surface area (Å²) < 4.78 is 12.6. The van der Waals surface area contributed by atoms with Crippen LogP contribution < -0.4 is 10.2 Å². The fourth-order valence-corrected chi connectivity index (χ4v) is 3.89. The molecule has 0 spiro atoms. The predicted molar refractivity (Wildman–Crippen MR) is 108 cm³/mol. The number of aromatic carboxylic acids is 1. The summed E-state index contributed by atoms with van der Waals surface area (Å²) in [6.45, 7) is 5.09. The summed E-state index contributed by atoms with van der Waals surface area (Å²) in [5, 5.41) is 9.80. The summed E-state index contributed by atoms with van der Waals surface area (Å²) in [6.07, 6.45) is 3.03. The molecule has 7 heteroatoms. The van der Waals surface area contributed by atoms with E-state index in [4.69, 9.17) is 21.1 Å². The maximum absolute atomic E-state index is 12.3. The lowest BCUT2D eigenvalue weighted by Gasteiger charge is -2.32. The van der Waals surface area contributed by atoms with Crippen molar-refractivity contribution in [3.8, 4) is 17.0 Å². The average molecular weight is 406 g/mol. The maximum atomic E-state index is 12.3. The van der Waals surface area contributed by atoms with Gasteiger partial charge in [-0.25, -0.2) is 4.79 Å². The highest BCUT2D eigenvalue weighted by Crippen LogP contribution is 2.41. The molecule has 1 aromatic heterocycles. The van der Waals surface area contributed by atoms with E-state index in [1.807, 2.05) is 10.6 Å². The number of carbonyl (C=O) groups is 1. The van der Waals surface area contributed by atoms with Gasteiger partial charge in [-0.2, -0.15) is 0 Å². The minimum Gasteiger partial charge on any atom is -0.490 e. The fraction of sp³-hybridized carbons (Fsp3) is 0.429. The van der Waals surface area contributed by atoms with E-state index in [0.717, 1.165) is 17.5 Å². The van der Waals surface area contributed by atoms with Gasteiger partial charge in [0.25, 0.3) is 0 Å². The number of pyridine rings is 1. The quantitative estimate of drug-likeness (QED) is 0.703. The number of methoxy groups -OCH3 is 1. The van der Waals surface area contributed by atoms with Gasteiger partial charge in [0.1, 0.15) is 17.9 Å². The summed E-state index contributed by atoms with van der Waals surface area (Å²) in [4.78, 5) is 23.8. The van der Waals surface area contributed by atoms with Crippen LogP contribution in [0.5, 0.6) is 5.75 Å². The molecule has 28 heavy (non-hydrogen) atoms. The van der Waals surface area contributed by atoms with Crippen molar-refractivity contribution in [2.24, 2.45) is 5.92 Å². The lowest BCUT2D eigenvalue weighted by molar-refractivity contribution is 0.0694. The molecule has 0 amide bonds. The second kappa shape index (κ2) is 8.37. The van der Waals surface area contributed by atoms with Crippen LogP contribution in [-0.2, 0) is 11.2 Å². The zero-order valence-corrected chi connectivity index (χ0v) is 17.0. The molecule has 0 saturated carbocycles. The van der Waals surface area contributed by atoms with Crippen molar-refractivity contribution in [3.63, 3.8) is 0 Å². The second-order valence-electron chi connectivity index (χ2n) is 7.42. The third-order valence-corrected chi connectivity index (χ3v) is 5.18. The topological polar surface area (TPSA) is 77.8 Å². The van der Waals surface area contributed by atoms with E-state index >= 15 is 0 Å². The average Bonchev–Trinajstić information content (AvgIpc) is 2.62. The molecular weight excluding hydrogens is 382 g/mol. The van der Waals surface area contributed by atoms with Crippen LogP contribution in [0.4, 0.5) is 0 Å². The van der Waals surface area contributed by atoms with Gasteiger partial charge >= 0.3 is 5.97 Å². The van der Waals surface area contributed by atoms with Crippen molar-refractivity contribution in [1.82, 2.24) is 4.57 Å². The highest BCUT2D eigenvalue weighted by atomic mass is 35.5. The Bertz CT molecular complexity index is 951. The van der Waals surface area contributed by atoms with E-state index in [2.05, 4.69) is 13.8 Å². The first-order chi connectivity index (χ1) is 13.3. The predicted octanol–water partition coefficient (Wildman–Crippen LogP) is 4.04. The van der Waals surface area contributed by atoms with E-state index in [1.165, 1.54) is 12.3 Å². The molecule has 150 valence electrons. The number of carboxylic acids is 1. The van der Waals surface area contributed by atoms with Gasteiger partial charge < -0.3 is 19.1 Å². The minimum absolute atomic E-state index is 0.0502. The van der Waals surface area contributed by atoms with Gasteiger partial charge in [0, 0.05) is 31.0 Å². The van der Waals surface area contributed by atoms with Crippen molar-refractivity contribution in [2.75, 3.05) is 20.3 Å². The van der Waals surface area contributed by atoms with Crippen molar-refractivity contribution in [3.05, 3.63) is 50.8 Å².